The number of anilines is 2. The Hall–Kier alpha value is -1.32. The Kier molecular flexibility index (Phi) is 3.50. The third-order valence-corrected chi connectivity index (χ3v) is 3.54. The third-order valence-electron chi connectivity index (χ3n) is 3.54. The van der Waals surface area contributed by atoms with Gasteiger partial charge in [-0.05, 0) is 25.7 Å². The van der Waals surface area contributed by atoms with E-state index in [0.29, 0.717) is 17.8 Å². The van der Waals surface area contributed by atoms with E-state index in [2.05, 4.69) is 35.8 Å². The van der Waals surface area contributed by atoms with Crippen LogP contribution in [-0.4, -0.2) is 23.1 Å². The van der Waals surface area contributed by atoms with Crippen molar-refractivity contribution in [3.05, 3.63) is 11.9 Å². The Balaban J connectivity index is 2.24. The minimum Gasteiger partial charge on any atom is -0.384 e. The van der Waals surface area contributed by atoms with Gasteiger partial charge < -0.3 is 10.6 Å². The van der Waals surface area contributed by atoms with E-state index >= 15 is 0 Å². The predicted molar refractivity (Wildman–Crippen MR) is 71.2 cm³/mol. The number of nitrogens with zero attached hydrogens (tertiary/aromatic N) is 3. The summed E-state index contributed by atoms with van der Waals surface area (Å²) in [5.41, 5.74) is 5.87. The van der Waals surface area contributed by atoms with Gasteiger partial charge in [0.25, 0.3) is 0 Å². The molecule has 0 radical (unpaired) electrons. The van der Waals surface area contributed by atoms with Crippen molar-refractivity contribution in [2.24, 2.45) is 0 Å². The fraction of sp³-hybridized carbons (Fsp3) is 0.692. The lowest BCUT2D eigenvalue weighted by Crippen LogP contribution is -2.31. The highest BCUT2D eigenvalue weighted by atomic mass is 15.2. The largest absolute Gasteiger partial charge is 0.384 e. The lowest BCUT2D eigenvalue weighted by Gasteiger charge is -2.27. The van der Waals surface area contributed by atoms with Gasteiger partial charge in [-0.1, -0.05) is 13.8 Å². The Morgan fingerprint density at radius 2 is 2.00 bits per heavy atom. The van der Waals surface area contributed by atoms with Gasteiger partial charge in [0.1, 0.15) is 17.5 Å². The molecule has 94 valence electrons. The molecular formula is C13H22N4. The van der Waals surface area contributed by atoms with Crippen molar-refractivity contribution in [1.29, 1.82) is 0 Å². The van der Waals surface area contributed by atoms with E-state index in [9.17, 15) is 0 Å². The number of hydrogen-bond acceptors (Lipinski definition) is 4. The van der Waals surface area contributed by atoms with Crippen LogP contribution < -0.4 is 10.6 Å². The number of rotatable bonds is 5. The average Bonchev–Trinajstić information content (AvgIpc) is 3.13. The predicted octanol–water partition coefficient (Wildman–Crippen LogP) is 2.56. The van der Waals surface area contributed by atoms with Crippen molar-refractivity contribution >= 4 is 11.6 Å². The fourth-order valence-electron chi connectivity index (χ4n) is 2.20. The molecule has 1 aromatic rings. The lowest BCUT2D eigenvalue weighted by atomic mass is 10.1. The van der Waals surface area contributed by atoms with E-state index in [1.165, 1.54) is 12.8 Å². The highest BCUT2D eigenvalue weighted by molar-refractivity contribution is 5.47. The van der Waals surface area contributed by atoms with Crippen LogP contribution in [-0.2, 0) is 0 Å². The van der Waals surface area contributed by atoms with E-state index in [1.807, 2.05) is 6.07 Å². The molecule has 1 saturated carbocycles. The highest BCUT2D eigenvalue weighted by Gasteiger charge is 2.27. The second kappa shape index (κ2) is 4.90. The molecule has 1 fully saturated rings. The van der Waals surface area contributed by atoms with Gasteiger partial charge >= 0.3 is 0 Å². The number of aromatic nitrogens is 2. The van der Waals surface area contributed by atoms with E-state index in [-0.39, 0.29) is 0 Å². The molecule has 1 aliphatic rings. The average molecular weight is 234 g/mol. The number of hydrogen-bond donors (Lipinski definition) is 1. The highest BCUT2D eigenvalue weighted by Crippen LogP contribution is 2.39. The van der Waals surface area contributed by atoms with Crippen LogP contribution in [0.1, 0.15) is 51.3 Å². The second-order valence-corrected chi connectivity index (χ2v) is 4.86. The Bertz CT molecular complexity index is 383. The first-order valence-electron chi connectivity index (χ1n) is 6.53. The van der Waals surface area contributed by atoms with E-state index in [0.717, 1.165) is 24.5 Å². The minimum absolute atomic E-state index is 0.524. The zero-order valence-electron chi connectivity index (χ0n) is 11.0. The number of nitrogens with two attached hydrogens (primary N) is 1. The van der Waals surface area contributed by atoms with Gasteiger partial charge in [-0.25, -0.2) is 9.97 Å². The zero-order valence-corrected chi connectivity index (χ0v) is 11.0. The normalized spacial score (nSPS) is 15.3. The summed E-state index contributed by atoms with van der Waals surface area (Å²) in [5, 5.41) is 0. The van der Waals surface area contributed by atoms with Crippen molar-refractivity contribution in [2.45, 2.75) is 51.5 Å². The van der Waals surface area contributed by atoms with Gasteiger partial charge in [-0.15, -0.1) is 0 Å². The van der Waals surface area contributed by atoms with Crippen LogP contribution in [0.3, 0.4) is 0 Å². The smallest absolute Gasteiger partial charge is 0.136 e. The monoisotopic (exact) mass is 234 g/mol. The molecular weight excluding hydrogens is 212 g/mol. The third kappa shape index (κ3) is 2.68. The molecule has 2 N–H and O–H groups in total. The number of nitrogen functional groups attached to an aromatic ring is 1. The summed E-state index contributed by atoms with van der Waals surface area (Å²) >= 11 is 0. The SMILES string of the molecule is CCC(CC)N(C)c1cc(N)nc(C2CC2)n1. The van der Waals surface area contributed by atoms with Gasteiger partial charge in [0.15, 0.2) is 0 Å². The van der Waals surface area contributed by atoms with Crippen molar-refractivity contribution in [2.75, 3.05) is 17.7 Å². The molecule has 0 saturated heterocycles. The van der Waals surface area contributed by atoms with Crippen LogP contribution in [0.2, 0.25) is 0 Å². The molecule has 4 heteroatoms. The van der Waals surface area contributed by atoms with Crippen LogP contribution in [0.4, 0.5) is 11.6 Å². The Morgan fingerprint density at radius 3 is 2.53 bits per heavy atom. The van der Waals surface area contributed by atoms with Crippen molar-refractivity contribution in [1.82, 2.24) is 9.97 Å². The molecule has 1 aliphatic carbocycles. The summed E-state index contributed by atoms with van der Waals surface area (Å²) in [6.07, 6.45) is 4.65. The topological polar surface area (TPSA) is 55.0 Å². The van der Waals surface area contributed by atoms with Gasteiger partial charge in [-0.3, -0.25) is 0 Å². The maximum Gasteiger partial charge on any atom is 0.136 e. The maximum atomic E-state index is 5.87. The molecule has 0 aliphatic heterocycles. The van der Waals surface area contributed by atoms with Crippen LogP contribution >= 0.6 is 0 Å². The van der Waals surface area contributed by atoms with Crippen molar-refractivity contribution in [3.8, 4) is 0 Å². The molecule has 0 atom stereocenters. The first-order valence-corrected chi connectivity index (χ1v) is 6.53. The molecule has 0 amide bonds. The molecule has 17 heavy (non-hydrogen) atoms. The van der Waals surface area contributed by atoms with Crippen LogP contribution in [0.5, 0.6) is 0 Å². The van der Waals surface area contributed by atoms with Crippen LogP contribution in [0.25, 0.3) is 0 Å². The fourth-order valence-corrected chi connectivity index (χ4v) is 2.20. The van der Waals surface area contributed by atoms with Crippen LogP contribution in [0.15, 0.2) is 6.07 Å². The zero-order chi connectivity index (χ0) is 12.4. The standard InChI is InChI=1S/C13H22N4/c1-4-10(5-2)17(3)12-8-11(14)15-13(16-12)9-6-7-9/h8-10H,4-7H2,1-3H3,(H2,14,15,16). The Labute approximate surface area is 103 Å². The van der Waals surface area contributed by atoms with Crippen LogP contribution in [0, 0.1) is 0 Å². The quantitative estimate of drug-likeness (QED) is 0.850. The summed E-state index contributed by atoms with van der Waals surface area (Å²) < 4.78 is 0. The van der Waals surface area contributed by atoms with E-state index in [4.69, 9.17) is 5.73 Å². The summed E-state index contributed by atoms with van der Waals surface area (Å²) in [6, 6.07) is 2.40. The summed E-state index contributed by atoms with van der Waals surface area (Å²) in [4.78, 5) is 11.2. The summed E-state index contributed by atoms with van der Waals surface area (Å²) in [6.45, 7) is 4.41. The molecule has 2 rings (SSSR count). The molecule has 0 spiro atoms. The molecule has 4 nitrogen and oxygen atoms in total. The maximum absolute atomic E-state index is 5.87. The first kappa shape index (κ1) is 12.1. The molecule has 1 aromatic heterocycles. The molecule has 0 bridgehead atoms. The minimum atomic E-state index is 0.524. The second-order valence-electron chi connectivity index (χ2n) is 4.86. The molecule has 1 heterocycles. The van der Waals surface area contributed by atoms with Gasteiger partial charge in [-0.2, -0.15) is 0 Å². The molecule has 0 aromatic carbocycles. The van der Waals surface area contributed by atoms with Crippen molar-refractivity contribution in [3.63, 3.8) is 0 Å². The first-order chi connectivity index (χ1) is 8.15. The van der Waals surface area contributed by atoms with E-state index in [1.54, 1.807) is 0 Å². The summed E-state index contributed by atoms with van der Waals surface area (Å²) in [7, 11) is 2.09. The van der Waals surface area contributed by atoms with Gasteiger partial charge in [0.2, 0.25) is 0 Å². The summed E-state index contributed by atoms with van der Waals surface area (Å²) in [5.74, 6) is 3.04. The van der Waals surface area contributed by atoms with Gasteiger partial charge in [0, 0.05) is 25.1 Å². The Morgan fingerprint density at radius 1 is 1.35 bits per heavy atom. The van der Waals surface area contributed by atoms with E-state index < -0.39 is 0 Å². The lowest BCUT2D eigenvalue weighted by molar-refractivity contribution is 0.585. The van der Waals surface area contributed by atoms with Gasteiger partial charge in [0.05, 0.1) is 0 Å². The molecule has 0 unspecified atom stereocenters. The van der Waals surface area contributed by atoms with Crippen molar-refractivity contribution < 1.29 is 0 Å².